The van der Waals surface area contributed by atoms with Crippen LogP contribution in [0.3, 0.4) is 0 Å². The Kier molecular flexibility index (Phi) is 7.16. The molecule has 3 aromatic carbocycles. The van der Waals surface area contributed by atoms with Crippen LogP contribution in [0.1, 0.15) is 22.3 Å². The van der Waals surface area contributed by atoms with E-state index in [-0.39, 0.29) is 11.7 Å². The van der Waals surface area contributed by atoms with Crippen LogP contribution in [0, 0.1) is 20.8 Å². The Morgan fingerprint density at radius 2 is 1.64 bits per heavy atom. The number of carbonyl (C=O) groups is 1. The van der Waals surface area contributed by atoms with Gasteiger partial charge in [-0.1, -0.05) is 71.4 Å². The first-order valence-corrected chi connectivity index (χ1v) is 12.0. The van der Waals surface area contributed by atoms with Crippen molar-refractivity contribution in [3.63, 3.8) is 0 Å². The van der Waals surface area contributed by atoms with Crippen LogP contribution in [0.5, 0.6) is 0 Å². The second-order valence-electron chi connectivity index (χ2n) is 8.00. The van der Waals surface area contributed by atoms with Crippen LogP contribution in [-0.2, 0) is 11.3 Å². The van der Waals surface area contributed by atoms with E-state index in [1.54, 1.807) is 0 Å². The predicted molar refractivity (Wildman–Crippen MR) is 136 cm³/mol. The largest absolute Gasteiger partial charge is 0.325 e. The van der Waals surface area contributed by atoms with Gasteiger partial charge in [-0.15, -0.1) is 10.2 Å². The fourth-order valence-corrected chi connectivity index (χ4v) is 4.66. The first-order chi connectivity index (χ1) is 15.9. The molecule has 0 spiro atoms. The predicted octanol–water partition coefficient (Wildman–Crippen LogP) is 6.30. The molecule has 1 aromatic heterocycles. The van der Waals surface area contributed by atoms with Crippen LogP contribution in [0.15, 0.2) is 71.9 Å². The van der Waals surface area contributed by atoms with E-state index < -0.39 is 0 Å². The van der Waals surface area contributed by atoms with E-state index in [9.17, 15) is 4.79 Å². The number of amides is 1. The van der Waals surface area contributed by atoms with Crippen molar-refractivity contribution >= 4 is 35.0 Å². The maximum Gasteiger partial charge on any atom is 0.234 e. The third kappa shape index (κ3) is 5.64. The molecule has 0 saturated carbocycles. The van der Waals surface area contributed by atoms with Crippen LogP contribution in [0.25, 0.3) is 11.4 Å². The number of anilines is 1. The fourth-order valence-electron chi connectivity index (χ4n) is 3.80. The summed E-state index contributed by atoms with van der Waals surface area (Å²) in [5, 5.41) is 13.2. The monoisotopic (exact) mass is 476 g/mol. The van der Waals surface area contributed by atoms with Gasteiger partial charge in [0.15, 0.2) is 11.0 Å². The highest BCUT2D eigenvalue weighted by molar-refractivity contribution is 7.99. The number of nitrogens with zero attached hydrogens (tertiary/aromatic N) is 3. The van der Waals surface area contributed by atoms with E-state index >= 15 is 0 Å². The van der Waals surface area contributed by atoms with Crippen molar-refractivity contribution in [1.29, 1.82) is 0 Å². The molecule has 0 bridgehead atoms. The lowest BCUT2D eigenvalue weighted by atomic mass is 10.1. The summed E-state index contributed by atoms with van der Waals surface area (Å²) in [7, 11) is 0. The lowest BCUT2D eigenvalue weighted by Gasteiger charge is -2.13. The highest BCUT2D eigenvalue weighted by Gasteiger charge is 2.17. The number of halogens is 1. The maximum atomic E-state index is 12.8. The summed E-state index contributed by atoms with van der Waals surface area (Å²) in [5.41, 5.74) is 6.22. The van der Waals surface area contributed by atoms with Gasteiger partial charge in [-0.3, -0.25) is 9.36 Å². The fraction of sp³-hybridized carbons (Fsp3) is 0.192. The molecule has 1 N–H and O–H groups in total. The number of nitrogens with one attached hydrogen (secondary N) is 1. The zero-order valence-corrected chi connectivity index (χ0v) is 20.4. The Balaban J connectivity index is 1.56. The third-order valence-corrected chi connectivity index (χ3v) is 6.50. The Morgan fingerprint density at radius 1 is 0.970 bits per heavy atom. The molecular formula is C26H25ClN4OS. The summed E-state index contributed by atoms with van der Waals surface area (Å²) in [5.74, 6) is 0.904. The van der Waals surface area contributed by atoms with E-state index in [0.29, 0.717) is 16.7 Å². The first-order valence-electron chi connectivity index (χ1n) is 10.6. The molecule has 0 unspecified atom stereocenters. The summed E-state index contributed by atoms with van der Waals surface area (Å²) in [6.07, 6.45) is 0. The number of aryl methyl sites for hydroxylation is 3. The van der Waals surface area contributed by atoms with Crippen LogP contribution in [0.2, 0.25) is 5.02 Å². The van der Waals surface area contributed by atoms with Gasteiger partial charge in [0.25, 0.3) is 0 Å². The minimum absolute atomic E-state index is 0.0719. The topological polar surface area (TPSA) is 59.8 Å². The first kappa shape index (κ1) is 23.1. The summed E-state index contributed by atoms with van der Waals surface area (Å²) >= 11 is 7.44. The van der Waals surface area contributed by atoms with E-state index in [2.05, 4.69) is 46.7 Å². The van der Waals surface area contributed by atoms with Crippen molar-refractivity contribution in [2.24, 2.45) is 0 Å². The van der Waals surface area contributed by atoms with Crippen molar-refractivity contribution in [2.75, 3.05) is 11.1 Å². The number of carbonyl (C=O) groups excluding carboxylic acids is 1. The molecule has 33 heavy (non-hydrogen) atoms. The second kappa shape index (κ2) is 10.2. The van der Waals surface area contributed by atoms with Gasteiger partial charge in [-0.05, 0) is 61.7 Å². The van der Waals surface area contributed by atoms with Crippen molar-refractivity contribution in [3.05, 3.63) is 94.0 Å². The number of benzene rings is 3. The number of thioether (sulfide) groups is 1. The van der Waals surface area contributed by atoms with Crippen molar-refractivity contribution in [2.45, 2.75) is 32.5 Å². The minimum Gasteiger partial charge on any atom is -0.325 e. The summed E-state index contributed by atoms with van der Waals surface area (Å²) in [6.45, 7) is 6.68. The normalized spacial score (nSPS) is 10.9. The molecule has 0 aliphatic rings. The van der Waals surface area contributed by atoms with Gasteiger partial charge in [-0.25, -0.2) is 0 Å². The zero-order chi connectivity index (χ0) is 23.4. The standard InChI is InChI=1S/C26H25ClN4OS/c1-17-13-18(2)24(19(3)14-17)28-23(32)16-33-26-30-29-25(21-9-11-22(27)12-10-21)31(26)15-20-7-5-4-6-8-20/h4-14H,15-16H2,1-3H3,(H,28,32). The van der Waals surface area contributed by atoms with Crippen LogP contribution >= 0.6 is 23.4 Å². The molecule has 0 radical (unpaired) electrons. The van der Waals surface area contributed by atoms with Crippen molar-refractivity contribution in [3.8, 4) is 11.4 Å². The SMILES string of the molecule is Cc1cc(C)c(NC(=O)CSc2nnc(-c3ccc(Cl)cc3)n2Cc2ccccc2)c(C)c1. The summed E-state index contributed by atoms with van der Waals surface area (Å²) in [4.78, 5) is 12.8. The van der Waals surface area contributed by atoms with Crippen molar-refractivity contribution in [1.82, 2.24) is 14.8 Å². The van der Waals surface area contributed by atoms with Crippen LogP contribution in [0.4, 0.5) is 5.69 Å². The lowest BCUT2D eigenvalue weighted by molar-refractivity contribution is -0.113. The van der Waals surface area contributed by atoms with Gasteiger partial charge >= 0.3 is 0 Å². The molecule has 4 rings (SSSR count). The van der Waals surface area contributed by atoms with Gasteiger partial charge in [-0.2, -0.15) is 0 Å². The average molecular weight is 477 g/mol. The Labute approximate surface area is 203 Å². The van der Waals surface area contributed by atoms with Crippen LogP contribution < -0.4 is 5.32 Å². The highest BCUT2D eigenvalue weighted by Crippen LogP contribution is 2.27. The molecule has 1 heterocycles. The van der Waals surface area contributed by atoms with Crippen molar-refractivity contribution < 1.29 is 4.79 Å². The third-order valence-electron chi connectivity index (χ3n) is 5.28. The molecule has 7 heteroatoms. The van der Waals surface area contributed by atoms with E-state index in [1.807, 2.05) is 60.9 Å². The molecule has 5 nitrogen and oxygen atoms in total. The molecular weight excluding hydrogens is 452 g/mol. The maximum absolute atomic E-state index is 12.8. The molecule has 4 aromatic rings. The number of aromatic nitrogens is 3. The van der Waals surface area contributed by atoms with E-state index in [4.69, 9.17) is 11.6 Å². The smallest absolute Gasteiger partial charge is 0.234 e. The van der Waals surface area contributed by atoms with E-state index in [1.165, 1.54) is 17.3 Å². The zero-order valence-electron chi connectivity index (χ0n) is 18.8. The second-order valence-corrected chi connectivity index (χ2v) is 9.37. The lowest BCUT2D eigenvalue weighted by Crippen LogP contribution is -2.16. The number of hydrogen-bond acceptors (Lipinski definition) is 4. The van der Waals surface area contributed by atoms with Gasteiger partial charge in [0, 0.05) is 16.3 Å². The van der Waals surface area contributed by atoms with Gasteiger partial charge < -0.3 is 5.32 Å². The Morgan fingerprint density at radius 3 is 2.30 bits per heavy atom. The molecule has 0 saturated heterocycles. The molecule has 168 valence electrons. The van der Waals surface area contributed by atoms with Crippen LogP contribution in [-0.4, -0.2) is 26.4 Å². The Bertz CT molecular complexity index is 1250. The Hall–Kier alpha value is -3.09. The number of hydrogen-bond donors (Lipinski definition) is 1. The summed E-state index contributed by atoms with van der Waals surface area (Å²) < 4.78 is 2.04. The number of rotatable bonds is 7. The highest BCUT2D eigenvalue weighted by atomic mass is 35.5. The van der Waals surface area contributed by atoms with E-state index in [0.717, 1.165) is 33.8 Å². The summed E-state index contributed by atoms with van der Waals surface area (Å²) in [6, 6.07) is 21.8. The molecule has 0 aliphatic heterocycles. The van der Waals surface area contributed by atoms with Gasteiger partial charge in [0.1, 0.15) is 0 Å². The average Bonchev–Trinajstić information content (AvgIpc) is 3.18. The van der Waals surface area contributed by atoms with Gasteiger partial charge in [0.05, 0.1) is 12.3 Å². The molecule has 0 atom stereocenters. The minimum atomic E-state index is -0.0719. The molecule has 0 fully saturated rings. The molecule has 1 amide bonds. The quantitative estimate of drug-likeness (QED) is 0.318. The van der Waals surface area contributed by atoms with Gasteiger partial charge in [0.2, 0.25) is 5.91 Å². The molecule has 0 aliphatic carbocycles.